The highest BCUT2D eigenvalue weighted by atomic mass is 19.1. The second-order valence-electron chi connectivity index (χ2n) is 8.22. The average molecular weight is 437 g/mol. The predicted octanol–water partition coefficient (Wildman–Crippen LogP) is 4.58. The van der Waals surface area contributed by atoms with Crippen LogP contribution in [0.2, 0.25) is 0 Å². The van der Waals surface area contributed by atoms with Crippen molar-refractivity contribution in [2.45, 2.75) is 38.6 Å². The molecule has 32 heavy (non-hydrogen) atoms. The molecule has 0 unspecified atom stereocenters. The number of rotatable bonds is 4. The van der Waals surface area contributed by atoms with E-state index in [4.69, 9.17) is 4.42 Å². The molecule has 1 fully saturated rings. The quantitative estimate of drug-likeness (QED) is 0.435. The number of aldehydes is 1. The van der Waals surface area contributed by atoms with Crippen molar-refractivity contribution in [2.75, 3.05) is 11.4 Å². The summed E-state index contributed by atoms with van der Waals surface area (Å²) < 4.78 is 33.5. The maximum atomic E-state index is 14.1. The number of carbonyl (C=O) groups is 1. The minimum absolute atomic E-state index is 0.0354. The van der Waals surface area contributed by atoms with Crippen LogP contribution < -0.4 is 4.90 Å². The zero-order valence-electron chi connectivity index (χ0n) is 17.6. The van der Waals surface area contributed by atoms with Gasteiger partial charge < -0.3 is 9.32 Å². The van der Waals surface area contributed by atoms with E-state index in [0.717, 1.165) is 36.4 Å². The SMILES string of the molecule is Cc1cc(C=O)c(-n2nccn2)c(N2C[C@H](c3nc4cc(F)cc(F)c4o3)CC[C@H]2C)c1. The monoisotopic (exact) mass is 437 g/mol. The summed E-state index contributed by atoms with van der Waals surface area (Å²) in [4.78, 5) is 19.9. The fourth-order valence-electron chi connectivity index (χ4n) is 4.44. The fraction of sp³-hybridized carbons (Fsp3) is 0.304. The maximum Gasteiger partial charge on any atom is 0.200 e. The van der Waals surface area contributed by atoms with Gasteiger partial charge in [0, 0.05) is 30.3 Å². The Labute approximate surface area is 182 Å². The van der Waals surface area contributed by atoms with Crippen molar-refractivity contribution in [2.24, 2.45) is 0 Å². The zero-order chi connectivity index (χ0) is 22.4. The van der Waals surface area contributed by atoms with E-state index < -0.39 is 11.6 Å². The molecule has 2 aromatic heterocycles. The first-order chi connectivity index (χ1) is 15.4. The molecule has 0 N–H and O–H groups in total. The number of aromatic nitrogens is 4. The van der Waals surface area contributed by atoms with E-state index in [-0.39, 0.29) is 23.1 Å². The Hall–Kier alpha value is -3.62. The lowest BCUT2D eigenvalue weighted by atomic mass is 9.92. The van der Waals surface area contributed by atoms with Crippen molar-refractivity contribution in [3.05, 3.63) is 65.3 Å². The number of aryl methyl sites for hydroxylation is 1. The number of fused-ring (bicyclic) bond motifs is 1. The maximum absolute atomic E-state index is 14.1. The molecule has 1 saturated heterocycles. The smallest absolute Gasteiger partial charge is 0.200 e. The van der Waals surface area contributed by atoms with Gasteiger partial charge in [-0.2, -0.15) is 10.2 Å². The third kappa shape index (κ3) is 3.43. The van der Waals surface area contributed by atoms with Gasteiger partial charge in [-0.05, 0) is 44.4 Å². The van der Waals surface area contributed by atoms with Crippen LogP contribution >= 0.6 is 0 Å². The minimum atomic E-state index is -0.763. The Morgan fingerprint density at radius 3 is 2.66 bits per heavy atom. The highest BCUT2D eigenvalue weighted by molar-refractivity contribution is 5.87. The Bertz CT molecular complexity index is 1300. The summed E-state index contributed by atoms with van der Waals surface area (Å²) in [6.45, 7) is 4.58. The number of oxazole rings is 1. The lowest BCUT2D eigenvalue weighted by Gasteiger charge is -2.39. The summed E-state index contributed by atoms with van der Waals surface area (Å²) in [7, 11) is 0. The van der Waals surface area contributed by atoms with Crippen LogP contribution in [0.3, 0.4) is 0 Å². The van der Waals surface area contributed by atoms with Crippen LogP contribution in [0.15, 0.2) is 41.1 Å². The Kier molecular flexibility index (Phi) is 4.96. The van der Waals surface area contributed by atoms with Crippen molar-refractivity contribution < 1.29 is 18.0 Å². The third-order valence-electron chi connectivity index (χ3n) is 5.98. The van der Waals surface area contributed by atoms with Crippen LogP contribution in [0.4, 0.5) is 14.5 Å². The van der Waals surface area contributed by atoms with Gasteiger partial charge in [0.2, 0.25) is 5.89 Å². The Morgan fingerprint density at radius 2 is 1.91 bits per heavy atom. The summed E-state index contributed by atoms with van der Waals surface area (Å²) in [6.07, 6.45) is 5.55. The molecule has 9 heteroatoms. The van der Waals surface area contributed by atoms with Crippen LogP contribution in [0.25, 0.3) is 16.8 Å². The van der Waals surface area contributed by atoms with Gasteiger partial charge in [-0.25, -0.2) is 13.8 Å². The zero-order valence-corrected chi connectivity index (χ0v) is 17.6. The number of hydrogen-bond acceptors (Lipinski definition) is 6. The van der Waals surface area contributed by atoms with Crippen molar-refractivity contribution in [1.82, 2.24) is 20.0 Å². The molecular weight excluding hydrogens is 416 g/mol. The molecular formula is C23H21F2N5O2. The molecule has 2 atom stereocenters. The van der Waals surface area contributed by atoms with Gasteiger partial charge in [0.05, 0.1) is 24.0 Å². The first-order valence-corrected chi connectivity index (χ1v) is 10.4. The van der Waals surface area contributed by atoms with Gasteiger partial charge in [-0.1, -0.05) is 0 Å². The normalized spacial score (nSPS) is 18.9. The predicted molar refractivity (Wildman–Crippen MR) is 114 cm³/mol. The van der Waals surface area contributed by atoms with Crippen molar-refractivity contribution in [1.29, 1.82) is 0 Å². The molecule has 0 bridgehead atoms. The second-order valence-corrected chi connectivity index (χ2v) is 8.22. The van der Waals surface area contributed by atoms with Gasteiger partial charge in [0.25, 0.3) is 0 Å². The number of carbonyl (C=O) groups excluding carboxylic acids is 1. The number of nitrogens with zero attached hydrogens (tertiary/aromatic N) is 5. The van der Waals surface area contributed by atoms with Gasteiger partial charge in [-0.15, -0.1) is 4.80 Å². The lowest BCUT2D eigenvalue weighted by Crippen LogP contribution is -2.42. The molecule has 1 aliphatic rings. The number of halogens is 2. The Balaban J connectivity index is 1.57. The molecule has 4 aromatic rings. The summed E-state index contributed by atoms with van der Waals surface area (Å²) >= 11 is 0. The largest absolute Gasteiger partial charge is 0.437 e. The highest BCUT2D eigenvalue weighted by Crippen LogP contribution is 2.38. The van der Waals surface area contributed by atoms with Crippen LogP contribution in [-0.2, 0) is 0 Å². The summed E-state index contributed by atoms with van der Waals surface area (Å²) in [5, 5.41) is 8.48. The number of benzene rings is 2. The molecule has 7 nitrogen and oxygen atoms in total. The highest BCUT2D eigenvalue weighted by Gasteiger charge is 2.32. The molecule has 0 saturated carbocycles. The first kappa shape index (κ1) is 20.3. The van der Waals surface area contributed by atoms with Gasteiger partial charge in [-0.3, -0.25) is 4.79 Å². The molecule has 3 heterocycles. The molecule has 0 spiro atoms. The van der Waals surface area contributed by atoms with E-state index in [1.165, 1.54) is 10.9 Å². The van der Waals surface area contributed by atoms with Crippen molar-refractivity contribution in [3.63, 3.8) is 0 Å². The van der Waals surface area contributed by atoms with Gasteiger partial charge in [0.1, 0.15) is 17.0 Å². The van der Waals surface area contributed by atoms with Crippen molar-refractivity contribution >= 4 is 23.1 Å². The topological polar surface area (TPSA) is 77.1 Å². The average Bonchev–Trinajstić information content (AvgIpc) is 3.43. The number of hydrogen-bond donors (Lipinski definition) is 0. The molecule has 1 aliphatic heterocycles. The molecule has 0 radical (unpaired) electrons. The first-order valence-electron chi connectivity index (χ1n) is 10.4. The Morgan fingerprint density at radius 1 is 1.12 bits per heavy atom. The van der Waals surface area contributed by atoms with E-state index in [1.807, 2.05) is 13.0 Å². The molecule has 2 aromatic carbocycles. The summed E-state index contributed by atoms with van der Waals surface area (Å²) in [5.41, 5.74) is 2.99. The van der Waals surface area contributed by atoms with Crippen LogP contribution in [0, 0.1) is 18.6 Å². The lowest BCUT2D eigenvalue weighted by molar-refractivity contribution is 0.112. The van der Waals surface area contributed by atoms with Crippen LogP contribution in [-0.4, -0.2) is 38.9 Å². The summed E-state index contributed by atoms with van der Waals surface area (Å²) in [5.74, 6) is -1.20. The summed E-state index contributed by atoms with van der Waals surface area (Å²) in [6, 6.07) is 5.95. The van der Waals surface area contributed by atoms with E-state index >= 15 is 0 Å². The van der Waals surface area contributed by atoms with Gasteiger partial charge in [0.15, 0.2) is 17.7 Å². The fourth-order valence-corrected chi connectivity index (χ4v) is 4.44. The molecule has 0 amide bonds. The molecule has 5 rings (SSSR count). The van der Waals surface area contributed by atoms with Crippen LogP contribution in [0.5, 0.6) is 0 Å². The van der Waals surface area contributed by atoms with Crippen molar-refractivity contribution in [3.8, 4) is 5.69 Å². The standard InChI is InChI=1S/C23H21F2N5O2/c1-13-7-16(12-31)21(30-26-5-6-27-30)20(8-13)29-11-15(4-3-14(29)2)23-28-19-10-17(24)9-18(25)22(19)32-23/h5-10,12,14-15H,3-4,11H2,1-2H3/t14-,15-/m1/s1. The molecule has 164 valence electrons. The minimum Gasteiger partial charge on any atom is -0.437 e. The van der Waals surface area contributed by atoms with Crippen LogP contribution in [0.1, 0.15) is 47.5 Å². The number of piperidine rings is 1. The van der Waals surface area contributed by atoms with E-state index in [1.54, 1.807) is 18.5 Å². The second kappa shape index (κ2) is 7.81. The van der Waals surface area contributed by atoms with E-state index in [9.17, 15) is 13.6 Å². The van der Waals surface area contributed by atoms with Gasteiger partial charge >= 0.3 is 0 Å². The number of anilines is 1. The third-order valence-corrected chi connectivity index (χ3v) is 5.98. The van der Waals surface area contributed by atoms with E-state index in [0.29, 0.717) is 23.7 Å². The van der Waals surface area contributed by atoms with E-state index in [2.05, 4.69) is 27.0 Å². The molecule has 0 aliphatic carbocycles.